The van der Waals surface area contributed by atoms with E-state index in [1.165, 1.54) is 11.1 Å². The topological polar surface area (TPSA) is 100 Å². The van der Waals surface area contributed by atoms with Crippen molar-refractivity contribution in [2.24, 2.45) is 0 Å². The van der Waals surface area contributed by atoms with Crippen LogP contribution < -0.4 is 19.9 Å². The fraction of sp³-hybridized carbons (Fsp3) is 0.357. The maximum Gasteiger partial charge on any atom is 0.410 e. The third-order valence-electron chi connectivity index (χ3n) is 6.51. The second-order valence-electron chi connectivity index (χ2n) is 10.6. The van der Waals surface area contributed by atoms with Gasteiger partial charge in [-0.3, -0.25) is 9.69 Å². The van der Waals surface area contributed by atoms with Gasteiger partial charge in [0.15, 0.2) is 6.73 Å². The molecule has 40 heavy (non-hydrogen) atoms. The third kappa shape index (κ3) is 5.88. The summed E-state index contributed by atoms with van der Waals surface area (Å²) in [5.41, 5.74) is 1.88. The Morgan fingerprint density at radius 2 is 1.80 bits per heavy atom. The number of carbonyl (C=O) groups is 2. The molecule has 5 rings (SSSR count). The van der Waals surface area contributed by atoms with Gasteiger partial charge in [-0.25, -0.2) is 9.78 Å². The standard InChI is InChI=1S/C28H30Cl2N6O4/c1-17-15-34(12-13-35(17)27(38)40-28(2,3)4)19-10-8-18(9-11-19)32-26-31-14-20-24(33-26)39-16-36(25(20)37)23-21(29)6-5-7-22(23)30/h5-11,14,17H,12-13,15-16H2,1-4H3,(H,31,32,33)/t17-/m1/s1. The number of halogens is 2. The summed E-state index contributed by atoms with van der Waals surface area (Å²) in [5.74, 6) is 0.117. The number of piperazine rings is 1. The molecule has 0 saturated carbocycles. The fourth-order valence-corrected chi connectivity index (χ4v) is 5.20. The van der Waals surface area contributed by atoms with Crippen LogP contribution in [-0.4, -0.2) is 64.9 Å². The van der Waals surface area contributed by atoms with Crippen molar-refractivity contribution in [2.45, 2.75) is 39.3 Å². The van der Waals surface area contributed by atoms with Crippen LogP contribution in [0, 0.1) is 0 Å². The van der Waals surface area contributed by atoms with Gasteiger partial charge >= 0.3 is 6.09 Å². The molecule has 12 heteroatoms. The number of hydrogen-bond acceptors (Lipinski definition) is 8. The summed E-state index contributed by atoms with van der Waals surface area (Å²) in [5, 5.41) is 3.84. The first-order chi connectivity index (χ1) is 19.0. The first-order valence-electron chi connectivity index (χ1n) is 12.9. The minimum Gasteiger partial charge on any atom is -0.455 e. The number of anilines is 4. The van der Waals surface area contributed by atoms with Crippen molar-refractivity contribution in [1.82, 2.24) is 14.9 Å². The van der Waals surface area contributed by atoms with Crippen molar-refractivity contribution in [1.29, 1.82) is 0 Å². The molecule has 2 amide bonds. The molecule has 1 aromatic heterocycles. The summed E-state index contributed by atoms with van der Waals surface area (Å²) in [6.07, 6.45) is 1.14. The molecule has 0 bridgehead atoms. The lowest BCUT2D eigenvalue weighted by Gasteiger charge is -2.41. The van der Waals surface area contributed by atoms with E-state index < -0.39 is 5.60 Å². The molecular formula is C28H30Cl2N6O4. The normalized spacial score (nSPS) is 17.3. The van der Waals surface area contributed by atoms with Crippen LogP contribution in [0.25, 0.3) is 0 Å². The summed E-state index contributed by atoms with van der Waals surface area (Å²) >= 11 is 12.6. The second kappa shape index (κ2) is 11.0. The zero-order valence-corrected chi connectivity index (χ0v) is 24.2. The lowest BCUT2D eigenvalue weighted by molar-refractivity contribution is 0.0159. The van der Waals surface area contributed by atoms with E-state index >= 15 is 0 Å². The molecule has 1 N–H and O–H groups in total. The second-order valence-corrected chi connectivity index (χ2v) is 11.4. The maximum absolute atomic E-state index is 13.1. The highest BCUT2D eigenvalue weighted by atomic mass is 35.5. The first kappa shape index (κ1) is 27.8. The van der Waals surface area contributed by atoms with Gasteiger partial charge in [0.25, 0.3) is 5.91 Å². The quantitative estimate of drug-likeness (QED) is 0.400. The number of benzene rings is 2. The molecule has 2 aliphatic rings. The zero-order valence-electron chi connectivity index (χ0n) is 22.6. The Balaban J connectivity index is 1.22. The molecule has 0 unspecified atom stereocenters. The average Bonchev–Trinajstić information content (AvgIpc) is 2.89. The van der Waals surface area contributed by atoms with Crippen LogP contribution in [0.2, 0.25) is 10.0 Å². The summed E-state index contributed by atoms with van der Waals surface area (Å²) in [4.78, 5) is 39.7. The van der Waals surface area contributed by atoms with E-state index in [2.05, 4.69) is 20.2 Å². The molecule has 3 aromatic rings. The van der Waals surface area contributed by atoms with Crippen molar-refractivity contribution in [3.05, 3.63) is 64.3 Å². The van der Waals surface area contributed by atoms with Crippen molar-refractivity contribution in [2.75, 3.05) is 41.5 Å². The molecule has 0 spiro atoms. The Kier molecular flexibility index (Phi) is 7.65. The Bertz CT molecular complexity index is 1410. The van der Waals surface area contributed by atoms with Gasteiger partial charge in [0.05, 0.1) is 15.7 Å². The predicted molar refractivity (Wildman–Crippen MR) is 155 cm³/mol. The number of nitrogens with one attached hydrogen (secondary N) is 1. The Morgan fingerprint density at radius 3 is 2.45 bits per heavy atom. The highest BCUT2D eigenvalue weighted by Gasteiger charge is 2.32. The SMILES string of the molecule is C[C@@H]1CN(c2ccc(Nc3ncc4c(n3)OCN(c3c(Cl)cccc3Cl)C4=O)cc2)CCN1C(=O)OC(C)(C)C. The summed E-state index contributed by atoms with van der Waals surface area (Å²) in [7, 11) is 0. The summed E-state index contributed by atoms with van der Waals surface area (Å²) < 4.78 is 11.3. The minimum atomic E-state index is -0.523. The van der Waals surface area contributed by atoms with Gasteiger partial charge in [0, 0.05) is 43.2 Å². The minimum absolute atomic E-state index is 0.0119. The molecular weight excluding hydrogens is 555 g/mol. The Morgan fingerprint density at radius 1 is 1.10 bits per heavy atom. The van der Waals surface area contributed by atoms with Gasteiger partial charge in [-0.2, -0.15) is 4.98 Å². The fourth-order valence-electron chi connectivity index (χ4n) is 4.59. The molecule has 0 aliphatic carbocycles. The lowest BCUT2D eigenvalue weighted by atomic mass is 10.1. The number of ether oxygens (including phenoxy) is 2. The monoisotopic (exact) mass is 584 g/mol. The van der Waals surface area contributed by atoms with Crippen LogP contribution in [0.15, 0.2) is 48.7 Å². The summed E-state index contributed by atoms with van der Waals surface area (Å²) in [6.45, 7) is 9.53. The highest BCUT2D eigenvalue weighted by Crippen LogP contribution is 2.37. The number of carbonyl (C=O) groups excluding carboxylic acids is 2. The van der Waals surface area contributed by atoms with Crippen molar-refractivity contribution in [3.8, 4) is 5.88 Å². The smallest absolute Gasteiger partial charge is 0.410 e. The maximum atomic E-state index is 13.1. The molecule has 2 aliphatic heterocycles. The van der Waals surface area contributed by atoms with E-state index in [0.29, 0.717) is 41.3 Å². The van der Waals surface area contributed by atoms with Gasteiger partial charge in [0.2, 0.25) is 11.8 Å². The van der Waals surface area contributed by atoms with E-state index in [9.17, 15) is 9.59 Å². The predicted octanol–water partition coefficient (Wildman–Crippen LogP) is 5.97. The van der Waals surface area contributed by atoms with Crippen LogP contribution in [0.1, 0.15) is 38.1 Å². The van der Waals surface area contributed by atoms with E-state index in [-0.39, 0.29) is 36.2 Å². The highest BCUT2D eigenvalue weighted by molar-refractivity contribution is 6.40. The molecule has 1 saturated heterocycles. The first-order valence-corrected chi connectivity index (χ1v) is 13.6. The van der Waals surface area contributed by atoms with Crippen LogP contribution in [0.5, 0.6) is 5.88 Å². The number of aromatic nitrogens is 2. The van der Waals surface area contributed by atoms with E-state index in [1.54, 1.807) is 23.1 Å². The summed E-state index contributed by atoms with van der Waals surface area (Å²) in [6, 6.07) is 12.9. The number of rotatable bonds is 4. The van der Waals surface area contributed by atoms with Gasteiger partial charge < -0.3 is 24.6 Å². The van der Waals surface area contributed by atoms with Crippen molar-refractivity contribution < 1.29 is 19.1 Å². The largest absolute Gasteiger partial charge is 0.455 e. The van der Waals surface area contributed by atoms with Crippen molar-refractivity contribution >= 4 is 58.2 Å². The van der Waals surface area contributed by atoms with Gasteiger partial charge in [-0.05, 0) is 64.1 Å². The van der Waals surface area contributed by atoms with E-state index in [1.807, 2.05) is 52.0 Å². The van der Waals surface area contributed by atoms with Crippen LogP contribution in [0.4, 0.5) is 27.8 Å². The van der Waals surface area contributed by atoms with Crippen LogP contribution in [0.3, 0.4) is 0 Å². The zero-order chi connectivity index (χ0) is 28.6. The van der Waals surface area contributed by atoms with Crippen LogP contribution in [-0.2, 0) is 4.74 Å². The van der Waals surface area contributed by atoms with Gasteiger partial charge in [-0.15, -0.1) is 0 Å². The number of amides is 2. The molecule has 10 nitrogen and oxygen atoms in total. The molecule has 1 fully saturated rings. The Labute approximate surface area is 242 Å². The molecule has 210 valence electrons. The lowest BCUT2D eigenvalue weighted by Crippen LogP contribution is -2.55. The van der Waals surface area contributed by atoms with E-state index in [4.69, 9.17) is 32.7 Å². The molecule has 1 atom stereocenters. The van der Waals surface area contributed by atoms with Gasteiger partial charge in [-0.1, -0.05) is 29.3 Å². The van der Waals surface area contributed by atoms with Crippen LogP contribution >= 0.6 is 23.2 Å². The number of hydrogen-bond donors (Lipinski definition) is 1. The number of fused-ring (bicyclic) bond motifs is 1. The third-order valence-corrected chi connectivity index (χ3v) is 7.12. The molecule has 0 radical (unpaired) electrons. The Hall–Kier alpha value is -3.76. The number of para-hydroxylation sites is 1. The number of nitrogens with zero attached hydrogens (tertiary/aromatic N) is 5. The molecule has 2 aromatic carbocycles. The molecule has 3 heterocycles. The van der Waals surface area contributed by atoms with E-state index in [0.717, 1.165) is 11.4 Å². The van der Waals surface area contributed by atoms with Crippen molar-refractivity contribution in [3.63, 3.8) is 0 Å². The van der Waals surface area contributed by atoms with Gasteiger partial charge in [0.1, 0.15) is 11.2 Å². The average molecular weight is 585 g/mol.